The van der Waals surface area contributed by atoms with Gasteiger partial charge in [-0.25, -0.2) is 9.59 Å². The molecular weight excluding hydrogens is 448 g/mol. The topological polar surface area (TPSA) is 168 Å². The highest BCUT2D eigenvalue weighted by Crippen LogP contribution is 2.26. The van der Waals surface area contributed by atoms with Gasteiger partial charge in [0, 0.05) is 39.3 Å². The molecule has 0 saturated carbocycles. The maximum Gasteiger partial charge on any atom is 0.352 e. The SMILES string of the molecule is CCn1c2nc(=O)n(C)c(=O)c-2[n+]([O-])c2cc3c(cc21)[n+]([O-])c1c(=O)n(C)c(=O)nc-1n3CC. The highest BCUT2D eigenvalue weighted by atomic mass is 16.5. The van der Waals surface area contributed by atoms with Gasteiger partial charge in [0.2, 0.25) is 22.7 Å². The van der Waals surface area contributed by atoms with Gasteiger partial charge in [0.15, 0.2) is 0 Å². The van der Waals surface area contributed by atoms with E-state index < -0.39 is 22.5 Å². The lowest BCUT2D eigenvalue weighted by atomic mass is 10.2. The zero-order valence-corrected chi connectivity index (χ0v) is 18.6. The molecule has 0 radical (unpaired) electrons. The van der Waals surface area contributed by atoms with Crippen LogP contribution >= 0.6 is 0 Å². The van der Waals surface area contributed by atoms with Crippen molar-refractivity contribution in [2.75, 3.05) is 0 Å². The van der Waals surface area contributed by atoms with Crippen LogP contribution in [0.2, 0.25) is 0 Å². The zero-order valence-electron chi connectivity index (χ0n) is 18.6. The van der Waals surface area contributed by atoms with E-state index in [0.717, 1.165) is 9.13 Å². The summed E-state index contributed by atoms with van der Waals surface area (Å²) in [6, 6.07) is 2.80. The molecule has 0 amide bonds. The Kier molecular flexibility index (Phi) is 4.33. The van der Waals surface area contributed by atoms with Crippen LogP contribution in [0.5, 0.6) is 0 Å². The van der Waals surface area contributed by atoms with Crippen molar-refractivity contribution in [2.24, 2.45) is 14.1 Å². The molecule has 1 aromatic carbocycles. The molecule has 5 rings (SSSR count). The van der Waals surface area contributed by atoms with Gasteiger partial charge in [-0.1, -0.05) is 0 Å². The smallest absolute Gasteiger partial charge is 0.352 e. The third kappa shape index (κ3) is 2.50. The van der Waals surface area contributed by atoms with E-state index >= 15 is 0 Å². The van der Waals surface area contributed by atoms with Crippen molar-refractivity contribution in [3.63, 3.8) is 0 Å². The second-order valence-electron chi connectivity index (χ2n) is 7.77. The number of nitrogens with zero attached hydrogens (tertiary/aromatic N) is 8. The molecular formula is C20H18N8O6. The van der Waals surface area contributed by atoms with Crippen molar-refractivity contribution in [1.29, 1.82) is 0 Å². The maximum absolute atomic E-state index is 13.3. The van der Waals surface area contributed by atoms with Crippen LogP contribution in [0, 0.1) is 10.4 Å². The molecule has 4 heterocycles. The van der Waals surface area contributed by atoms with Crippen molar-refractivity contribution in [1.82, 2.24) is 28.2 Å². The first-order chi connectivity index (χ1) is 16.1. The quantitative estimate of drug-likeness (QED) is 0.164. The second-order valence-corrected chi connectivity index (χ2v) is 7.77. The van der Waals surface area contributed by atoms with Crippen molar-refractivity contribution in [2.45, 2.75) is 26.9 Å². The molecule has 34 heavy (non-hydrogen) atoms. The molecule has 174 valence electrons. The predicted molar refractivity (Wildman–Crippen MR) is 119 cm³/mol. The third-order valence-corrected chi connectivity index (χ3v) is 6.06. The van der Waals surface area contributed by atoms with E-state index in [0.29, 0.717) is 9.46 Å². The molecule has 0 aliphatic carbocycles. The minimum absolute atomic E-state index is 0.0344. The molecule has 4 aliphatic rings. The Morgan fingerprint density at radius 2 is 1.09 bits per heavy atom. The lowest BCUT2D eigenvalue weighted by Crippen LogP contribution is -2.47. The van der Waals surface area contributed by atoms with Gasteiger partial charge in [-0.05, 0) is 13.8 Å². The molecule has 0 fully saturated rings. The van der Waals surface area contributed by atoms with Gasteiger partial charge in [0.25, 0.3) is 0 Å². The first kappa shape index (κ1) is 21.2. The Bertz CT molecular complexity index is 1730. The van der Waals surface area contributed by atoms with Crippen molar-refractivity contribution < 1.29 is 9.46 Å². The van der Waals surface area contributed by atoms with Crippen LogP contribution in [0.3, 0.4) is 0 Å². The van der Waals surface area contributed by atoms with Crippen molar-refractivity contribution >= 4 is 22.1 Å². The summed E-state index contributed by atoms with van der Waals surface area (Å²) in [5, 5.41) is 26.6. The number of aromatic nitrogens is 8. The van der Waals surface area contributed by atoms with E-state index in [2.05, 4.69) is 9.97 Å². The Morgan fingerprint density at radius 1 is 0.735 bits per heavy atom. The summed E-state index contributed by atoms with van der Waals surface area (Å²) >= 11 is 0. The van der Waals surface area contributed by atoms with E-state index in [1.54, 1.807) is 13.8 Å². The molecule has 1 aromatic rings. The average Bonchev–Trinajstić information content (AvgIpc) is 2.81. The molecule has 0 spiro atoms. The Labute approximate surface area is 188 Å². The first-order valence-electron chi connectivity index (χ1n) is 10.4. The number of fused-ring (bicyclic) bond motifs is 4. The lowest BCUT2D eigenvalue weighted by molar-refractivity contribution is -0.569. The summed E-state index contributed by atoms with van der Waals surface area (Å²) in [4.78, 5) is 57.6. The van der Waals surface area contributed by atoms with E-state index in [-0.39, 0.29) is 58.2 Å². The van der Waals surface area contributed by atoms with E-state index in [4.69, 9.17) is 0 Å². The average molecular weight is 466 g/mol. The first-order valence-corrected chi connectivity index (χ1v) is 10.4. The minimum Gasteiger partial charge on any atom is -0.618 e. The number of hydrogen-bond acceptors (Lipinski definition) is 8. The summed E-state index contributed by atoms with van der Waals surface area (Å²) in [5.41, 5.74) is -3.39. The third-order valence-electron chi connectivity index (χ3n) is 6.06. The van der Waals surface area contributed by atoms with Crippen LogP contribution in [0.15, 0.2) is 31.3 Å². The van der Waals surface area contributed by atoms with Gasteiger partial charge in [-0.3, -0.25) is 18.7 Å². The van der Waals surface area contributed by atoms with E-state index in [1.807, 2.05) is 0 Å². The Morgan fingerprint density at radius 3 is 1.41 bits per heavy atom. The highest BCUT2D eigenvalue weighted by molar-refractivity contribution is 5.90. The number of benzene rings is 1. The summed E-state index contributed by atoms with van der Waals surface area (Å²) in [7, 11) is 2.45. The normalized spacial score (nSPS) is 11.9. The Hall–Kier alpha value is -4.62. The van der Waals surface area contributed by atoms with Crippen LogP contribution in [0.25, 0.3) is 45.1 Å². The number of aryl methyl sites for hydroxylation is 2. The van der Waals surface area contributed by atoms with E-state index in [9.17, 15) is 29.6 Å². The fraction of sp³-hybridized carbons (Fsp3) is 0.300. The number of hydrogen-bond donors (Lipinski definition) is 0. The maximum atomic E-state index is 13.3. The predicted octanol–water partition coefficient (Wildman–Crippen LogP) is -1.98. The largest absolute Gasteiger partial charge is 0.618 e. The molecule has 0 unspecified atom stereocenters. The molecule has 0 N–H and O–H groups in total. The minimum atomic E-state index is -0.823. The van der Waals surface area contributed by atoms with Crippen molar-refractivity contribution in [3.05, 3.63) is 64.2 Å². The zero-order chi connectivity index (χ0) is 24.6. The monoisotopic (exact) mass is 466 g/mol. The van der Waals surface area contributed by atoms with Gasteiger partial charge >= 0.3 is 33.9 Å². The summed E-state index contributed by atoms with van der Waals surface area (Å²) in [6.07, 6.45) is 0. The number of rotatable bonds is 2. The van der Waals surface area contributed by atoms with E-state index in [1.165, 1.54) is 35.4 Å². The fourth-order valence-corrected chi connectivity index (χ4v) is 4.27. The fourth-order valence-electron chi connectivity index (χ4n) is 4.27. The molecule has 0 atom stereocenters. The van der Waals surface area contributed by atoms with Crippen LogP contribution in [0.4, 0.5) is 0 Å². The summed E-state index contributed by atoms with van der Waals surface area (Å²) in [5.74, 6) is -0.236. The molecule has 14 heteroatoms. The standard InChI is InChI=1S/C20H18N8O6/c1-5-25-9-7-12-10(8-11(9)27(33)13-15(25)21-19(31)23(3)17(13)29)26(6-2)16-14(28(12)34)18(30)24(4)20(32)22-16/h7-8H,5-6H2,1-4H3. The molecule has 4 aliphatic heterocycles. The molecule has 0 saturated heterocycles. The van der Waals surface area contributed by atoms with Crippen LogP contribution < -0.4 is 32.0 Å². The van der Waals surface area contributed by atoms with Gasteiger partial charge in [0.1, 0.15) is 11.0 Å². The lowest BCUT2D eigenvalue weighted by Gasteiger charge is -2.19. The summed E-state index contributed by atoms with van der Waals surface area (Å²) < 4.78 is 5.20. The molecule has 0 aromatic heterocycles. The highest BCUT2D eigenvalue weighted by Gasteiger charge is 2.33. The summed E-state index contributed by atoms with van der Waals surface area (Å²) in [6.45, 7) is 3.91. The van der Waals surface area contributed by atoms with Crippen LogP contribution in [-0.2, 0) is 27.2 Å². The van der Waals surface area contributed by atoms with Gasteiger partial charge < -0.3 is 19.5 Å². The molecule has 0 bridgehead atoms. The van der Waals surface area contributed by atoms with Crippen LogP contribution in [-0.4, -0.2) is 28.2 Å². The van der Waals surface area contributed by atoms with Gasteiger partial charge in [0.05, 0.1) is 0 Å². The molecule has 14 nitrogen and oxygen atoms in total. The van der Waals surface area contributed by atoms with Crippen molar-refractivity contribution in [3.8, 4) is 23.0 Å². The Balaban J connectivity index is 2.13. The van der Waals surface area contributed by atoms with Crippen LogP contribution in [0.1, 0.15) is 13.8 Å². The van der Waals surface area contributed by atoms with Gasteiger partial charge in [-0.15, -0.1) is 0 Å². The van der Waals surface area contributed by atoms with Gasteiger partial charge in [-0.2, -0.15) is 19.4 Å². The second kappa shape index (κ2) is 6.94.